The summed E-state index contributed by atoms with van der Waals surface area (Å²) in [5.74, 6) is 0.849. The third-order valence-electron chi connectivity index (χ3n) is 3.25. The van der Waals surface area contributed by atoms with Gasteiger partial charge in [0, 0.05) is 5.69 Å². The molecule has 0 aromatic heterocycles. The molecule has 0 heterocycles. The molecule has 2 rings (SSSR count). The zero-order valence-corrected chi connectivity index (χ0v) is 13.2. The summed E-state index contributed by atoms with van der Waals surface area (Å²) in [5, 5.41) is 4.62. The van der Waals surface area contributed by atoms with Crippen LogP contribution in [0.1, 0.15) is 24.1 Å². The van der Waals surface area contributed by atoms with Crippen molar-refractivity contribution in [3.05, 3.63) is 57.6 Å². The van der Waals surface area contributed by atoms with Crippen molar-refractivity contribution in [1.29, 1.82) is 0 Å². The van der Waals surface area contributed by atoms with Crippen LogP contribution in [0.3, 0.4) is 0 Å². The van der Waals surface area contributed by atoms with Crippen molar-refractivity contribution in [2.24, 2.45) is 0 Å². The monoisotopic (exact) mass is 309 g/mol. The van der Waals surface area contributed by atoms with Gasteiger partial charge in [-0.3, -0.25) is 0 Å². The highest BCUT2D eigenvalue weighted by molar-refractivity contribution is 6.42. The van der Waals surface area contributed by atoms with Gasteiger partial charge in [0.1, 0.15) is 5.75 Å². The predicted octanol–water partition coefficient (Wildman–Crippen LogP) is 5.48. The first kappa shape index (κ1) is 15.0. The minimum Gasteiger partial charge on any atom is -0.497 e. The van der Waals surface area contributed by atoms with Crippen LogP contribution in [-0.2, 0) is 0 Å². The van der Waals surface area contributed by atoms with Gasteiger partial charge in [0.15, 0.2) is 0 Å². The average molecular weight is 310 g/mol. The highest BCUT2D eigenvalue weighted by Gasteiger charge is 2.12. The molecule has 0 bridgehead atoms. The van der Waals surface area contributed by atoms with Crippen LogP contribution in [0, 0.1) is 6.92 Å². The molecular formula is C16H17Cl2NO. The summed E-state index contributed by atoms with van der Waals surface area (Å²) in [6, 6.07) is 11.7. The minimum atomic E-state index is 0.0632. The Labute approximate surface area is 129 Å². The third-order valence-corrected chi connectivity index (χ3v) is 4.09. The van der Waals surface area contributed by atoms with Gasteiger partial charge in [0.25, 0.3) is 0 Å². The molecule has 0 amide bonds. The maximum atomic E-state index is 6.25. The first-order valence-corrected chi connectivity index (χ1v) is 7.13. The first-order chi connectivity index (χ1) is 9.52. The first-order valence-electron chi connectivity index (χ1n) is 6.38. The summed E-state index contributed by atoms with van der Waals surface area (Å²) < 4.78 is 5.21. The van der Waals surface area contributed by atoms with Crippen molar-refractivity contribution in [1.82, 2.24) is 0 Å². The lowest BCUT2D eigenvalue weighted by Gasteiger charge is -2.19. The van der Waals surface area contributed by atoms with E-state index in [9.17, 15) is 0 Å². The van der Waals surface area contributed by atoms with Gasteiger partial charge in [0.2, 0.25) is 0 Å². The number of methoxy groups -OCH3 is 1. The van der Waals surface area contributed by atoms with Crippen molar-refractivity contribution in [3.63, 3.8) is 0 Å². The van der Waals surface area contributed by atoms with E-state index in [2.05, 4.69) is 12.2 Å². The van der Waals surface area contributed by atoms with E-state index in [0.717, 1.165) is 22.6 Å². The molecule has 0 saturated heterocycles. The second-order valence-corrected chi connectivity index (χ2v) is 5.48. The van der Waals surface area contributed by atoms with Crippen molar-refractivity contribution < 1.29 is 4.74 Å². The SMILES string of the molecule is COc1ccc(NC(C)c2cccc(Cl)c2Cl)c(C)c1. The number of hydrogen-bond acceptors (Lipinski definition) is 2. The normalized spacial score (nSPS) is 12.1. The van der Waals surface area contributed by atoms with Crippen LogP contribution in [0.4, 0.5) is 5.69 Å². The minimum absolute atomic E-state index is 0.0632. The van der Waals surface area contributed by atoms with Gasteiger partial charge >= 0.3 is 0 Å². The van der Waals surface area contributed by atoms with Crippen molar-refractivity contribution in [3.8, 4) is 5.75 Å². The molecule has 0 radical (unpaired) electrons. The van der Waals surface area contributed by atoms with Crippen LogP contribution in [0.2, 0.25) is 10.0 Å². The number of anilines is 1. The van der Waals surface area contributed by atoms with Gasteiger partial charge in [-0.15, -0.1) is 0 Å². The number of nitrogens with one attached hydrogen (secondary N) is 1. The van der Waals surface area contributed by atoms with Crippen LogP contribution >= 0.6 is 23.2 Å². The lowest BCUT2D eigenvalue weighted by atomic mass is 10.1. The molecule has 0 aliphatic heterocycles. The van der Waals surface area contributed by atoms with Crippen molar-refractivity contribution >= 4 is 28.9 Å². The molecular weight excluding hydrogens is 293 g/mol. The number of ether oxygens (including phenoxy) is 1. The average Bonchev–Trinajstić information content (AvgIpc) is 2.44. The Morgan fingerprint density at radius 2 is 1.90 bits per heavy atom. The van der Waals surface area contributed by atoms with E-state index in [4.69, 9.17) is 27.9 Å². The fourth-order valence-electron chi connectivity index (χ4n) is 2.09. The molecule has 1 N–H and O–H groups in total. The smallest absolute Gasteiger partial charge is 0.119 e. The van der Waals surface area contributed by atoms with Gasteiger partial charge in [-0.2, -0.15) is 0 Å². The highest BCUT2D eigenvalue weighted by Crippen LogP contribution is 2.32. The fraction of sp³-hybridized carbons (Fsp3) is 0.250. The number of hydrogen-bond donors (Lipinski definition) is 1. The van der Waals surface area contributed by atoms with Gasteiger partial charge in [-0.1, -0.05) is 35.3 Å². The van der Waals surface area contributed by atoms with Crippen LogP contribution in [0.25, 0.3) is 0 Å². The summed E-state index contributed by atoms with van der Waals surface area (Å²) in [7, 11) is 1.66. The second kappa shape index (κ2) is 6.38. The van der Waals surface area contributed by atoms with Crippen molar-refractivity contribution in [2.45, 2.75) is 19.9 Å². The molecule has 4 heteroatoms. The van der Waals surface area contributed by atoms with Gasteiger partial charge < -0.3 is 10.1 Å². The Balaban J connectivity index is 2.23. The number of benzene rings is 2. The Kier molecular flexibility index (Phi) is 4.79. The van der Waals surface area contributed by atoms with E-state index >= 15 is 0 Å². The molecule has 2 aromatic rings. The molecule has 2 aromatic carbocycles. The van der Waals surface area contributed by atoms with Crippen LogP contribution < -0.4 is 10.1 Å². The lowest BCUT2D eigenvalue weighted by Crippen LogP contribution is -2.08. The zero-order valence-electron chi connectivity index (χ0n) is 11.7. The highest BCUT2D eigenvalue weighted by atomic mass is 35.5. The quantitative estimate of drug-likeness (QED) is 0.807. The van der Waals surface area contributed by atoms with Gasteiger partial charge in [0.05, 0.1) is 23.2 Å². The maximum absolute atomic E-state index is 6.25. The van der Waals surface area contributed by atoms with E-state index in [1.54, 1.807) is 13.2 Å². The Morgan fingerprint density at radius 1 is 1.15 bits per heavy atom. The molecule has 2 nitrogen and oxygen atoms in total. The number of aryl methyl sites for hydroxylation is 1. The van der Waals surface area contributed by atoms with Gasteiger partial charge in [-0.05, 0) is 49.2 Å². The molecule has 1 unspecified atom stereocenters. The summed E-state index contributed by atoms with van der Waals surface area (Å²) >= 11 is 12.3. The molecule has 0 saturated carbocycles. The maximum Gasteiger partial charge on any atom is 0.119 e. The van der Waals surface area contributed by atoms with E-state index in [1.165, 1.54) is 0 Å². The summed E-state index contributed by atoms with van der Waals surface area (Å²) in [5.41, 5.74) is 3.15. The summed E-state index contributed by atoms with van der Waals surface area (Å²) in [6.07, 6.45) is 0. The van der Waals surface area contributed by atoms with Crippen LogP contribution in [0.5, 0.6) is 5.75 Å². The molecule has 20 heavy (non-hydrogen) atoms. The molecule has 0 aliphatic rings. The standard InChI is InChI=1S/C16H17Cl2NO/c1-10-9-12(20-3)7-8-15(10)19-11(2)13-5-4-6-14(17)16(13)18/h4-9,11,19H,1-3H3. The second-order valence-electron chi connectivity index (χ2n) is 4.69. The molecule has 0 fully saturated rings. The lowest BCUT2D eigenvalue weighted by molar-refractivity contribution is 0.414. The third kappa shape index (κ3) is 3.20. The molecule has 106 valence electrons. The molecule has 0 aliphatic carbocycles. The van der Waals surface area contributed by atoms with Gasteiger partial charge in [-0.25, -0.2) is 0 Å². The van der Waals surface area contributed by atoms with Crippen LogP contribution in [0.15, 0.2) is 36.4 Å². The Bertz CT molecular complexity index is 613. The van der Waals surface area contributed by atoms with E-state index in [0.29, 0.717) is 10.0 Å². The predicted molar refractivity (Wildman–Crippen MR) is 86.2 cm³/mol. The largest absolute Gasteiger partial charge is 0.497 e. The number of halogens is 2. The molecule has 1 atom stereocenters. The molecule has 0 spiro atoms. The summed E-state index contributed by atoms with van der Waals surface area (Å²) in [6.45, 7) is 4.10. The van der Waals surface area contributed by atoms with E-state index in [-0.39, 0.29) is 6.04 Å². The topological polar surface area (TPSA) is 21.3 Å². The van der Waals surface area contributed by atoms with Crippen LogP contribution in [-0.4, -0.2) is 7.11 Å². The zero-order chi connectivity index (χ0) is 14.7. The fourth-order valence-corrected chi connectivity index (χ4v) is 2.56. The number of rotatable bonds is 4. The van der Waals surface area contributed by atoms with E-state index in [1.807, 2.05) is 37.3 Å². The van der Waals surface area contributed by atoms with E-state index < -0.39 is 0 Å². The Hall–Kier alpha value is -1.38. The van der Waals surface area contributed by atoms with Crippen molar-refractivity contribution in [2.75, 3.05) is 12.4 Å². The Morgan fingerprint density at radius 3 is 2.55 bits per heavy atom. The summed E-state index contributed by atoms with van der Waals surface area (Å²) in [4.78, 5) is 0.